The summed E-state index contributed by atoms with van der Waals surface area (Å²) in [4.78, 5) is 6.89. The zero-order valence-corrected chi connectivity index (χ0v) is 7.33. The summed E-state index contributed by atoms with van der Waals surface area (Å²) in [5.41, 5.74) is 2.14. The van der Waals surface area contributed by atoms with Gasteiger partial charge in [0.1, 0.15) is 6.34 Å². The van der Waals surface area contributed by atoms with Crippen LogP contribution in [-0.2, 0) is 0 Å². The fourth-order valence-corrected chi connectivity index (χ4v) is 0.959. The molecule has 2 N–H and O–H groups in total. The molecule has 0 aromatic carbocycles. The number of hydrogen-bond acceptors (Lipinski definition) is 1. The topological polar surface area (TPSA) is 52.0 Å². The molecule has 0 aliphatic carbocycles. The molecule has 0 amide bonds. The summed E-state index contributed by atoms with van der Waals surface area (Å²) in [6, 6.07) is 4.00. The highest BCUT2D eigenvalue weighted by Crippen LogP contribution is 2.11. The Kier molecular flexibility index (Phi) is 2.80. The summed E-state index contributed by atoms with van der Waals surface area (Å²) in [5.74, 6) is 0.507. The van der Waals surface area contributed by atoms with Crippen molar-refractivity contribution in [3.63, 3.8) is 0 Å². The number of rotatable bonds is 3. The van der Waals surface area contributed by atoms with Gasteiger partial charge in [-0.1, -0.05) is 13.8 Å². The maximum absolute atomic E-state index is 6.71. The minimum absolute atomic E-state index is 0.507. The van der Waals surface area contributed by atoms with Crippen molar-refractivity contribution in [2.24, 2.45) is 4.99 Å². The van der Waals surface area contributed by atoms with Gasteiger partial charge in [-0.2, -0.15) is 0 Å². The number of aromatic amines is 1. The standard InChI is InChI=1S/C9H13N3/c1-7(2)9-4-3-8(12-9)5-11-6-10/h3-7,10,12H,1-2H3. The first-order valence-corrected chi connectivity index (χ1v) is 3.95. The summed E-state index contributed by atoms with van der Waals surface area (Å²) < 4.78 is 0. The van der Waals surface area contributed by atoms with Crippen molar-refractivity contribution in [3.8, 4) is 0 Å². The molecule has 0 atom stereocenters. The van der Waals surface area contributed by atoms with Crippen molar-refractivity contribution in [1.82, 2.24) is 4.98 Å². The maximum Gasteiger partial charge on any atom is 0.106 e. The van der Waals surface area contributed by atoms with Crippen LogP contribution < -0.4 is 0 Å². The molecule has 0 saturated heterocycles. The van der Waals surface area contributed by atoms with E-state index in [-0.39, 0.29) is 0 Å². The van der Waals surface area contributed by atoms with Gasteiger partial charge in [-0.05, 0) is 18.1 Å². The summed E-state index contributed by atoms with van der Waals surface area (Å²) >= 11 is 0. The van der Waals surface area contributed by atoms with Crippen molar-refractivity contribution in [2.75, 3.05) is 0 Å². The van der Waals surface area contributed by atoms with Gasteiger partial charge < -0.3 is 4.98 Å². The summed E-state index contributed by atoms with van der Waals surface area (Å²) in [6.45, 7) is 4.26. The first-order valence-electron chi connectivity index (χ1n) is 3.95. The van der Waals surface area contributed by atoms with Gasteiger partial charge in [0.05, 0.1) is 11.9 Å². The van der Waals surface area contributed by atoms with Crippen LogP contribution in [0.1, 0.15) is 31.2 Å². The van der Waals surface area contributed by atoms with E-state index >= 15 is 0 Å². The molecule has 12 heavy (non-hydrogen) atoms. The molecule has 0 aliphatic rings. The molecule has 0 fully saturated rings. The Labute approximate surface area is 72.0 Å². The lowest BCUT2D eigenvalue weighted by Crippen LogP contribution is -1.88. The monoisotopic (exact) mass is 163 g/mol. The Balaban J connectivity index is 2.77. The lowest BCUT2D eigenvalue weighted by Gasteiger charge is -1.98. The van der Waals surface area contributed by atoms with Gasteiger partial charge in [-0.15, -0.1) is 0 Å². The molecule has 0 aliphatic heterocycles. The van der Waals surface area contributed by atoms with Gasteiger partial charge in [0.15, 0.2) is 0 Å². The van der Waals surface area contributed by atoms with Crippen molar-refractivity contribution in [3.05, 3.63) is 23.5 Å². The Morgan fingerprint density at radius 1 is 1.50 bits per heavy atom. The number of hydrogen-bond donors (Lipinski definition) is 2. The van der Waals surface area contributed by atoms with Gasteiger partial charge in [-0.25, -0.2) is 4.99 Å². The third kappa shape index (κ3) is 2.05. The predicted octanol–water partition coefficient (Wildman–Crippen LogP) is 2.16. The molecular formula is C9H13N3. The Morgan fingerprint density at radius 3 is 2.75 bits per heavy atom. The Morgan fingerprint density at radius 2 is 2.25 bits per heavy atom. The highest BCUT2D eigenvalue weighted by molar-refractivity contribution is 5.83. The zero-order chi connectivity index (χ0) is 8.97. The molecule has 0 spiro atoms. The van der Waals surface area contributed by atoms with Crippen LogP contribution in [0.4, 0.5) is 0 Å². The van der Waals surface area contributed by atoms with E-state index in [9.17, 15) is 0 Å². The Hall–Kier alpha value is -1.38. The van der Waals surface area contributed by atoms with Gasteiger partial charge in [-0.3, -0.25) is 5.41 Å². The number of H-pyrrole nitrogens is 1. The minimum Gasteiger partial charge on any atom is -0.357 e. The number of nitrogens with one attached hydrogen (secondary N) is 2. The minimum atomic E-state index is 0.507. The van der Waals surface area contributed by atoms with E-state index in [0.29, 0.717) is 5.92 Å². The lowest BCUT2D eigenvalue weighted by atomic mass is 10.1. The van der Waals surface area contributed by atoms with Crippen molar-refractivity contribution in [1.29, 1.82) is 5.41 Å². The second kappa shape index (κ2) is 3.85. The molecule has 0 saturated carbocycles. The molecule has 3 heteroatoms. The zero-order valence-electron chi connectivity index (χ0n) is 7.33. The molecule has 3 nitrogen and oxygen atoms in total. The molecule has 0 radical (unpaired) electrons. The van der Waals surface area contributed by atoms with Gasteiger partial charge >= 0.3 is 0 Å². The molecule has 64 valence electrons. The van der Waals surface area contributed by atoms with E-state index in [4.69, 9.17) is 5.41 Å². The number of nitrogens with zero attached hydrogens (tertiary/aromatic N) is 1. The van der Waals surface area contributed by atoms with Gasteiger partial charge in [0, 0.05) is 5.69 Å². The quantitative estimate of drug-likeness (QED) is 0.507. The van der Waals surface area contributed by atoms with E-state index in [1.54, 1.807) is 6.21 Å². The van der Waals surface area contributed by atoms with Gasteiger partial charge in [0.2, 0.25) is 0 Å². The lowest BCUT2D eigenvalue weighted by molar-refractivity contribution is 0.832. The first-order chi connectivity index (χ1) is 5.74. The third-order valence-corrected chi connectivity index (χ3v) is 1.64. The van der Waals surface area contributed by atoms with Crippen molar-refractivity contribution >= 4 is 12.6 Å². The summed E-state index contributed by atoms with van der Waals surface area (Å²) in [7, 11) is 0. The smallest absolute Gasteiger partial charge is 0.106 e. The van der Waals surface area contributed by atoms with Crippen LogP contribution in [0.2, 0.25) is 0 Å². The molecule has 1 heterocycles. The fourth-order valence-electron chi connectivity index (χ4n) is 0.959. The molecule has 0 unspecified atom stereocenters. The van der Waals surface area contributed by atoms with Crippen molar-refractivity contribution in [2.45, 2.75) is 19.8 Å². The average molecular weight is 163 g/mol. The van der Waals surface area contributed by atoms with Crippen molar-refractivity contribution < 1.29 is 0 Å². The highest BCUT2D eigenvalue weighted by atomic mass is 14.8. The van der Waals surface area contributed by atoms with Crippen LogP contribution in [0.5, 0.6) is 0 Å². The SMILES string of the molecule is CC(C)c1ccc(C=NC=N)[nH]1. The fraction of sp³-hybridized carbons (Fsp3) is 0.333. The molecular weight excluding hydrogens is 150 g/mol. The average Bonchev–Trinajstić information content (AvgIpc) is 2.48. The van der Waals surface area contributed by atoms with E-state index in [1.807, 2.05) is 12.1 Å². The largest absolute Gasteiger partial charge is 0.357 e. The molecule has 0 bridgehead atoms. The number of aromatic nitrogens is 1. The summed E-state index contributed by atoms with van der Waals surface area (Å²) in [6.07, 6.45) is 2.66. The second-order valence-corrected chi connectivity index (χ2v) is 2.93. The summed E-state index contributed by atoms with van der Waals surface area (Å²) in [5, 5.41) is 6.71. The Bertz CT molecular complexity index is 284. The van der Waals surface area contributed by atoms with E-state index in [0.717, 1.165) is 12.0 Å². The van der Waals surface area contributed by atoms with Crippen LogP contribution in [0.15, 0.2) is 17.1 Å². The van der Waals surface area contributed by atoms with Crippen LogP contribution in [-0.4, -0.2) is 17.5 Å². The molecule has 1 aromatic heterocycles. The van der Waals surface area contributed by atoms with Crippen LogP contribution in [0.25, 0.3) is 0 Å². The van der Waals surface area contributed by atoms with Gasteiger partial charge in [0.25, 0.3) is 0 Å². The maximum atomic E-state index is 6.71. The van der Waals surface area contributed by atoms with E-state index in [1.165, 1.54) is 5.69 Å². The van der Waals surface area contributed by atoms with Crippen LogP contribution in [0.3, 0.4) is 0 Å². The van der Waals surface area contributed by atoms with Crippen LogP contribution >= 0.6 is 0 Å². The second-order valence-electron chi connectivity index (χ2n) is 2.93. The predicted molar refractivity (Wildman–Crippen MR) is 51.3 cm³/mol. The number of aliphatic imine (C=N–C) groups is 1. The normalized spacial score (nSPS) is 11.2. The third-order valence-electron chi connectivity index (χ3n) is 1.64. The van der Waals surface area contributed by atoms with Crippen LogP contribution in [0, 0.1) is 5.41 Å². The first kappa shape index (κ1) is 8.71. The van der Waals surface area contributed by atoms with E-state index in [2.05, 4.69) is 23.8 Å². The highest BCUT2D eigenvalue weighted by Gasteiger charge is 1.99. The molecule has 1 rings (SSSR count). The molecule has 1 aromatic rings. The van der Waals surface area contributed by atoms with E-state index < -0.39 is 0 Å².